The number of hydrogen-bond acceptors (Lipinski definition) is 14. The van der Waals surface area contributed by atoms with Crippen LogP contribution in [0.5, 0.6) is 0 Å². The molecule has 0 aromatic carbocycles. The van der Waals surface area contributed by atoms with Crippen LogP contribution in [-0.4, -0.2) is 167 Å². The molecule has 3 N–H and O–H groups in total. The Bertz CT molecular complexity index is 2830. The monoisotopic (exact) mass is 1100 g/mol. The quantitative estimate of drug-likeness (QED) is 0.172. The summed E-state index contributed by atoms with van der Waals surface area (Å²) in [5.41, 5.74) is 10.9. The average molecular weight is 1100 g/mol. The minimum absolute atomic E-state index is 0.0144. The largest absolute Gasteiger partial charge is 0.395 e. The summed E-state index contributed by atoms with van der Waals surface area (Å²) in [4.78, 5) is 58.9. The Morgan fingerprint density at radius 1 is 0.636 bits per heavy atom. The van der Waals surface area contributed by atoms with Gasteiger partial charge < -0.3 is 54.1 Å². The minimum Gasteiger partial charge on any atom is -0.395 e. The van der Waals surface area contributed by atoms with Crippen molar-refractivity contribution >= 4 is 46.7 Å². The van der Waals surface area contributed by atoms with Crippen LogP contribution in [0, 0.1) is 64.2 Å². The van der Waals surface area contributed by atoms with Gasteiger partial charge in [0.2, 0.25) is 0 Å². The number of fused-ring (bicyclic) bond motifs is 9. The number of nitrogens with one attached hydrogen (secondary N) is 1. The average Bonchev–Trinajstić information content (AvgIpc) is 4.33. The molecule has 7 aliphatic heterocycles. The molecule has 9 unspecified atom stereocenters. The van der Waals surface area contributed by atoms with E-state index in [9.17, 15) is 19.5 Å². The highest BCUT2D eigenvalue weighted by Crippen LogP contribution is 2.51. The lowest BCUT2D eigenvalue weighted by Crippen LogP contribution is -2.40. The first kappa shape index (κ1) is 54.9. The van der Waals surface area contributed by atoms with Gasteiger partial charge >= 0.3 is 0 Å². The van der Waals surface area contributed by atoms with Gasteiger partial charge in [0, 0.05) is 50.1 Å². The standard InChI is InChI=1S/C23H31N3O3.C12H15ClN2O3.C12H13ClN2O2.C11H19NO/c1-13-14(2)21(24-20-17-11-28-9-8-26(17)22(27)19(13)20)25-7-4-18(15-10-16(15)25)29-12-23(3)5-6-23;1-6-7(2)11(13)14-10-8(5-17)15(3-4-16)12(18)9(6)10;1-6-7(2)11(13)14-10-8-5-17-4-3-15(8)12(16)9(6)10;1-11(3-4-11)7-13-10-2-5-12-9-6-8(9)10/h15-18H,4-12H2,1-3H3;8,16-17H,3-5H2,1-2H3;8H,3-5H2,1-2H3;8-10,12H,2-7H2,1H3. The van der Waals surface area contributed by atoms with Crippen molar-refractivity contribution in [2.75, 3.05) is 90.5 Å². The van der Waals surface area contributed by atoms with Gasteiger partial charge in [-0.2, -0.15) is 0 Å². The Kier molecular flexibility index (Phi) is 15.3. The molecule has 3 aromatic heterocycles. The number of aromatic nitrogens is 3. The van der Waals surface area contributed by atoms with E-state index in [1.165, 1.54) is 56.4 Å². The third kappa shape index (κ3) is 10.4. The van der Waals surface area contributed by atoms with Gasteiger partial charge in [-0.3, -0.25) is 14.4 Å². The predicted molar refractivity (Wildman–Crippen MR) is 291 cm³/mol. The number of aliphatic hydroxyl groups is 2. The number of hydrogen-bond donors (Lipinski definition) is 3. The highest BCUT2D eigenvalue weighted by molar-refractivity contribution is 6.30. The normalized spacial score (nSPS) is 29.8. The Balaban J connectivity index is 0.000000115. The van der Waals surface area contributed by atoms with Crippen LogP contribution < -0.4 is 10.2 Å². The molecule has 0 bridgehead atoms. The maximum absolute atomic E-state index is 13.0. The highest BCUT2D eigenvalue weighted by Gasteiger charge is 2.53. The number of rotatable bonds is 10. The van der Waals surface area contributed by atoms with Crippen molar-refractivity contribution in [3.8, 4) is 0 Å². The summed E-state index contributed by atoms with van der Waals surface area (Å²) in [6, 6.07) is 0.768. The fourth-order valence-electron chi connectivity index (χ4n) is 12.7. The van der Waals surface area contributed by atoms with Crippen molar-refractivity contribution in [3.63, 3.8) is 0 Å². The number of carbonyl (C=O) groups is 3. The number of ether oxygens (including phenoxy) is 4. The van der Waals surface area contributed by atoms with Crippen molar-refractivity contribution in [1.29, 1.82) is 0 Å². The van der Waals surface area contributed by atoms with Crippen molar-refractivity contribution in [2.24, 2.45) is 22.7 Å². The van der Waals surface area contributed by atoms with Crippen molar-refractivity contribution in [2.45, 2.75) is 149 Å². The molecule has 3 amide bonds. The smallest absolute Gasteiger partial charge is 0.256 e. The molecule has 4 saturated heterocycles. The highest BCUT2D eigenvalue weighted by atomic mass is 35.5. The molecular formula is C58H78Cl2N8O9. The number of amides is 3. The third-order valence-corrected chi connectivity index (χ3v) is 19.7. The maximum Gasteiger partial charge on any atom is 0.256 e. The van der Waals surface area contributed by atoms with Gasteiger partial charge in [-0.1, -0.05) is 37.0 Å². The second-order valence-electron chi connectivity index (χ2n) is 24.4. The molecular weight excluding hydrogens is 1020 g/mol. The SMILES string of the molecule is CC1(COC2CCNC3CC32)CC1.Cc1c(Cl)nc2c(c1C)C(=O)N(CCO)C2CO.Cc1c(Cl)nc2c(c1C)C(=O)N1CCOCC21.Cc1c(N2CCC(OCC3(C)CC3)C3CC32)nc2c(c1C)C(=O)N1CCOCC21. The molecule has 14 rings (SSSR count). The number of anilines is 1. The van der Waals surface area contributed by atoms with Crippen molar-refractivity contribution in [3.05, 3.63) is 77.5 Å². The van der Waals surface area contributed by atoms with Crippen LogP contribution in [0.4, 0.5) is 5.82 Å². The molecule has 11 aliphatic rings. The summed E-state index contributed by atoms with van der Waals surface area (Å²) in [5.74, 6) is 2.58. The summed E-state index contributed by atoms with van der Waals surface area (Å²) < 4.78 is 23.5. The molecule has 19 heteroatoms. The Morgan fingerprint density at radius 2 is 1.16 bits per heavy atom. The van der Waals surface area contributed by atoms with Crippen molar-refractivity contribution in [1.82, 2.24) is 35.0 Å². The molecule has 3 aromatic rings. The molecule has 4 saturated carbocycles. The van der Waals surface area contributed by atoms with Gasteiger partial charge in [-0.25, -0.2) is 15.0 Å². The number of pyridine rings is 3. The molecule has 17 nitrogen and oxygen atoms in total. The summed E-state index contributed by atoms with van der Waals surface area (Å²) in [5, 5.41) is 22.8. The van der Waals surface area contributed by atoms with E-state index in [1.807, 2.05) is 30.6 Å². The Labute approximate surface area is 463 Å². The lowest BCUT2D eigenvalue weighted by Gasteiger charge is -2.34. The zero-order chi connectivity index (χ0) is 54.4. The molecule has 0 spiro atoms. The fraction of sp³-hybridized carbons (Fsp3) is 0.690. The van der Waals surface area contributed by atoms with Gasteiger partial charge in [-0.15, -0.1) is 0 Å². The van der Waals surface area contributed by atoms with Crippen LogP contribution in [0.25, 0.3) is 0 Å². The summed E-state index contributed by atoms with van der Waals surface area (Å²) in [6.07, 6.45) is 11.3. The maximum atomic E-state index is 13.0. The molecule has 418 valence electrons. The van der Waals surface area contributed by atoms with Gasteiger partial charge in [-0.05, 0) is 144 Å². The molecule has 10 heterocycles. The lowest BCUT2D eigenvalue weighted by molar-refractivity contribution is 0.000238. The van der Waals surface area contributed by atoms with Gasteiger partial charge in [0.25, 0.3) is 17.7 Å². The van der Waals surface area contributed by atoms with E-state index in [-0.39, 0.29) is 49.6 Å². The predicted octanol–water partition coefficient (Wildman–Crippen LogP) is 7.28. The van der Waals surface area contributed by atoms with Crippen LogP contribution in [-0.2, 0) is 18.9 Å². The van der Waals surface area contributed by atoms with Crippen LogP contribution >= 0.6 is 23.2 Å². The number of β-amino-alcohol motifs (C(OH)–C–C–N with tert-alkyl or cyclic N) is 1. The van der Waals surface area contributed by atoms with E-state index in [0.29, 0.717) is 96.1 Å². The molecule has 4 aliphatic carbocycles. The van der Waals surface area contributed by atoms with Gasteiger partial charge in [0.15, 0.2) is 0 Å². The molecule has 77 heavy (non-hydrogen) atoms. The lowest BCUT2D eigenvalue weighted by atomic mass is 10.00. The van der Waals surface area contributed by atoms with Gasteiger partial charge in [0.05, 0.1) is 117 Å². The van der Waals surface area contributed by atoms with Crippen LogP contribution in [0.2, 0.25) is 10.3 Å². The zero-order valence-corrected chi connectivity index (χ0v) is 47.7. The minimum atomic E-state index is -0.517. The van der Waals surface area contributed by atoms with E-state index in [0.717, 1.165) is 99.9 Å². The third-order valence-electron chi connectivity index (χ3n) is 19.0. The number of nitrogens with zero attached hydrogens (tertiary/aromatic N) is 7. The van der Waals surface area contributed by atoms with E-state index in [1.54, 1.807) is 6.92 Å². The van der Waals surface area contributed by atoms with Crippen LogP contribution in [0.3, 0.4) is 0 Å². The van der Waals surface area contributed by atoms with E-state index in [4.69, 9.17) is 52.2 Å². The number of carbonyl (C=O) groups excluding carboxylic acids is 3. The second kappa shape index (κ2) is 21.5. The number of halogens is 2. The first-order chi connectivity index (χ1) is 36.9. The van der Waals surface area contributed by atoms with E-state index >= 15 is 0 Å². The van der Waals surface area contributed by atoms with E-state index in [2.05, 4.69) is 47.9 Å². The summed E-state index contributed by atoms with van der Waals surface area (Å²) in [6.45, 7) is 23.9. The van der Waals surface area contributed by atoms with Crippen molar-refractivity contribution < 1.29 is 43.5 Å². The van der Waals surface area contributed by atoms with Gasteiger partial charge in [0.1, 0.15) is 16.1 Å². The number of morpholine rings is 2. The molecule has 8 fully saturated rings. The topological polar surface area (TPSA) is 192 Å². The van der Waals surface area contributed by atoms with E-state index < -0.39 is 6.04 Å². The number of piperidine rings is 2. The second-order valence-corrected chi connectivity index (χ2v) is 25.1. The van der Waals surface area contributed by atoms with Crippen LogP contribution in [0.1, 0.15) is 165 Å². The first-order valence-electron chi connectivity index (χ1n) is 28.2. The number of aliphatic hydroxyl groups excluding tert-OH is 2. The Hall–Kier alpha value is -4.04. The zero-order valence-electron chi connectivity index (χ0n) is 46.2. The Morgan fingerprint density at radius 3 is 1.70 bits per heavy atom. The summed E-state index contributed by atoms with van der Waals surface area (Å²) in [7, 11) is 0. The molecule has 0 radical (unpaired) electrons. The first-order valence-corrected chi connectivity index (χ1v) is 29.0. The molecule has 9 atom stereocenters. The summed E-state index contributed by atoms with van der Waals surface area (Å²) >= 11 is 12.1. The van der Waals surface area contributed by atoms with Crippen LogP contribution in [0.15, 0.2) is 0 Å². The fourth-order valence-corrected chi connectivity index (χ4v) is 13.2.